The quantitative estimate of drug-likeness (QED) is 0.588. The molecule has 0 aliphatic carbocycles. The number of nitrogens with zero attached hydrogens (tertiary/aromatic N) is 1. The fourth-order valence-corrected chi connectivity index (χ4v) is 3.54. The average molecular weight is 330 g/mol. The average Bonchev–Trinajstić information content (AvgIpc) is 2.94. The molecule has 1 heterocycles. The van der Waals surface area contributed by atoms with E-state index in [0.717, 1.165) is 23.0 Å². The summed E-state index contributed by atoms with van der Waals surface area (Å²) in [6.07, 6.45) is 0. The molecule has 4 heteroatoms. The first-order valence-electron chi connectivity index (χ1n) is 8.25. The minimum absolute atomic E-state index is 0.0754. The molecule has 0 radical (unpaired) electrons. The highest BCUT2D eigenvalue weighted by atomic mass is 16.3. The van der Waals surface area contributed by atoms with Crippen molar-refractivity contribution in [3.05, 3.63) is 66.2 Å². The third-order valence-electron chi connectivity index (χ3n) is 4.70. The van der Waals surface area contributed by atoms with Gasteiger partial charge in [0.25, 0.3) is 5.91 Å². The number of rotatable bonds is 3. The Hall–Kier alpha value is -3.27. The van der Waals surface area contributed by atoms with Crippen LogP contribution in [0.5, 0.6) is 5.75 Å². The van der Waals surface area contributed by atoms with E-state index in [1.807, 2.05) is 18.2 Å². The number of para-hydroxylation sites is 2. The van der Waals surface area contributed by atoms with Crippen LogP contribution >= 0.6 is 0 Å². The summed E-state index contributed by atoms with van der Waals surface area (Å²) < 4.78 is 2.27. The number of carbonyl (C=O) groups is 1. The molecule has 3 N–H and O–H groups in total. The molecule has 4 aromatic rings. The highest BCUT2D eigenvalue weighted by Crippen LogP contribution is 2.36. The Bertz CT molecular complexity index is 1130. The first kappa shape index (κ1) is 15.3. The molecule has 0 aliphatic heterocycles. The van der Waals surface area contributed by atoms with E-state index in [1.165, 1.54) is 17.0 Å². The SMILES string of the molecule is CCn1c2ccccc2c2cc(-c3cccc(C(N)=O)c3O)ccc21. The molecule has 1 amide bonds. The molecule has 4 nitrogen and oxygen atoms in total. The number of nitrogens with two attached hydrogens (primary N) is 1. The number of aromatic nitrogens is 1. The lowest BCUT2D eigenvalue weighted by Crippen LogP contribution is -2.11. The van der Waals surface area contributed by atoms with E-state index in [2.05, 4.69) is 35.8 Å². The van der Waals surface area contributed by atoms with Crippen LogP contribution in [0.4, 0.5) is 0 Å². The molecule has 124 valence electrons. The molecular weight excluding hydrogens is 312 g/mol. The summed E-state index contributed by atoms with van der Waals surface area (Å²) in [5.74, 6) is -0.711. The molecule has 0 saturated carbocycles. The second-order valence-electron chi connectivity index (χ2n) is 6.06. The van der Waals surface area contributed by atoms with E-state index in [0.29, 0.717) is 5.56 Å². The first-order valence-corrected chi connectivity index (χ1v) is 8.25. The molecule has 0 aliphatic rings. The van der Waals surface area contributed by atoms with Crippen LogP contribution in [0.3, 0.4) is 0 Å². The van der Waals surface area contributed by atoms with Crippen LogP contribution in [0.1, 0.15) is 17.3 Å². The summed E-state index contributed by atoms with van der Waals surface area (Å²) in [5.41, 5.74) is 9.27. The van der Waals surface area contributed by atoms with Crippen molar-refractivity contribution in [2.75, 3.05) is 0 Å². The van der Waals surface area contributed by atoms with Crippen LogP contribution in [-0.2, 0) is 6.54 Å². The molecular formula is C21H18N2O2. The Kier molecular flexibility index (Phi) is 3.46. The fourth-order valence-electron chi connectivity index (χ4n) is 3.54. The predicted molar refractivity (Wildman–Crippen MR) is 101 cm³/mol. The van der Waals surface area contributed by atoms with Gasteiger partial charge in [-0.2, -0.15) is 0 Å². The number of aryl methyl sites for hydroxylation is 1. The molecule has 0 atom stereocenters. The van der Waals surface area contributed by atoms with Crippen LogP contribution in [0.25, 0.3) is 32.9 Å². The van der Waals surface area contributed by atoms with Crippen LogP contribution in [0.15, 0.2) is 60.7 Å². The van der Waals surface area contributed by atoms with Gasteiger partial charge in [-0.1, -0.05) is 36.4 Å². The lowest BCUT2D eigenvalue weighted by Gasteiger charge is -2.09. The van der Waals surface area contributed by atoms with Crippen molar-refractivity contribution in [1.29, 1.82) is 0 Å². The van der Waals surface area contributed by atoms with Crippen molar-refractivity contribution in [2.24, 2.45) is 5.73 Å². The topological polar surface area (TPSA) is 68.2 Å². The number of aromatic hydroxyl groups is 1. The maximum atomic E-state index is 11.5. The number of amides is 1. The summed E-state index contributed by atoms with van der Waals surface area (Å²) in [6.45, 7) is 3.01. The maximum absolute atomic E-state index is 11.5. The zero-order chi connectivity index (χ0) is 17.6. The number of primary amides is 1. The van der Waals surface area contributed by atoms with Crippen molar-refractivity contribution in [2.45, 2.75) is 13.5 Å². The van der Waals surface area contributed by atoms with E-state index < -0.39 is 5.91 Å². The van der Waals surface area contributed by atoms with E-state index in [9.17, 15) is 9.90 Å². The summed E-state index contributed by atoms with van der Waals surface area (Å²) in [5, 5.41) is 12.7. The standard InChI is InChI=1S/C21H18N2O2/c1-2-23-18-9-4-3-6-15(18)17-12-13(10-11-19(17)23)14-7-5-8-16(20(14)24)21(22)25/h3-12,24H,2H2,1H3,(H2,22,25). The number of benzene rings is 3. The number of hydrogen-bond acceptors (Lipinski definition) is 2. The first-order chi connectivity index (χ1) is 12.1. The van der Waals surface area contributed by atoms with Gasteiger partial charge in [0.15, 0.2) is 0 Å². The molecule has 0 spiro atoms. The number of fused-ring (bicyclic) bond motifs is 3. The third kappa shape index (κ3) is 2.26. The molecule has 3 aromatic carbocycles. The largest absolute Gasteiger partial charge is 0.506 e. The summed E-state index contributed by atoms with van der Waals surface area (Å²) >= 11 is 0. The fraction of sp³-hybridized carbons (Fsp3) is 0.0952. The zero-order valence-corrected chi connectivity index (χ0v) is 13.9. The van der Waals surface area contributed by atoms with Crippen molar-refractivity contribution in [1.82, 2.24) is 4.57 Å². The molecule has 0 saturated heterocycles. The number of carbonyl (C=O) groups excluding carboxylic acids is 1. The van der Waals surface area contributed by atoms with Gasteiger partial charge in [0.1, 0.15) is 5.75 Å². The second-order valence-corrected chi connectivity index (χ2v) is 6.06. The normalized spacial score (nSPS) is 11.2. The smallest absolute Gasteiger partial charge is 0.252 e. The van der Waals surface area contributed by atoms with Gasteiger partial charge < -0.3 is 15.4 Å². The van der Waals surface area contributed by atoms with Crippen molar-refractivity contribution < 1.29 is 9.90 Å². The molecule has 0 bridgehead atoms. The molecule has 0 fully saturated rings. The summed E-state index contributed by atoms with van der Waals surface area (Å²) in [4.78, 5) is 11.5. The van der Waals surface area contributed by atoms with Crippen LogP contribution < -0.4 is 5.73 Å². The van der Waals surface area contributed by atoms with Crippen LogP contribution in [0.2, 0.25) is 0 Å². The maximum Gasteiger partial charge on any atom is 0.252 e. The Morgan fingerprint density at radius 2 is 1.76 bits per heavy atom. The predicted octanol–water partition coefficient (Wildman–Crippen LogP) is 4.29. The summed E-state index contributed by atoms with van der Waals surface area (Å²) in [7, 11) is 0. The number of hydrogen-bond donors (Lipinski definition) is 2. The van der Waals surface area contributed by atoms with Gasteiger partial charge in [-0.3, -0.25) is 4.79 Å². The van der Waals surface area contributed by atoms with Gasteiger partial charge in [-0.25, -0.2) is 0 Å². The Morgan fingerprint density at radius 3 is 2.52 bits per heavy atom. The zero-order valence-electron chi connectivity index (χ0n) is 13.9. The second kappa shape index (κ2) is 5.67. The monoisotopic (exact) mass is 330 g/mol. The van der Waals surface area contributed by atoms with Gasteiger partial charge in [0.05, 0.1) is 5.56 Å². The lowest BCUT2D eigenvalue weighted by molar-refractivity contribution is 0.0998. The molecule has 25 heavy (non-hydrogen) atoms. The highest BCUT2D eigenvalue weighted by Gasteiger charge is 2.15. The van der Waals surface area contributed by atoms with Crippen LogP contribution in [0, 0.1) is 0 Å². The minimum Gasteiger partial charge on any atom is -0.506 e. The van der Waals surface area contributed by atoms with Gasteiger partial charge in [-0.05, 0) is 36.8 Å². The molecule has 1 aromatic heterocycles. The lowest BCUT2D eigenvalue weighted by atomic mass is 9.99. The van der Waals surface area contributed by atoms with Crippen molar-refractivity contribution >= 4 is 27.7 Å². The van der Waals surface area contributed by atoms with E-state index in [-0.39, 0.29) is 11.3 Å². The van der Waals surface area contributed by atoms with Gasteiger partial charge in [0.2, 0.25) is 0 Å². The van der Waals surface area contributed by atoms with Crippen LogP contribution in [-0.4, -0.2) is 15.6 Å². The third-order valence-corrected chi connectivity index (χ3v) is 4.70. The van der Waals surface area contributed by atoms with Gasteiger partial charge in [-0.15, -0.1) is 0 Å². The van der Waals surface area contributed by atoms with E-state index in [1.54, 1.807) is 12.1 Å². The summed E-state index contributed by atoms with van der Waals surface area (Å²) in [6, 6.07) is 19.4. The minimum atomic E-state index is -0.636. The van der Waals surface area contributed by atoms with Gasteiger partial charge in [0, 0.05) is 33.9 Å². The molecule has 0 unspecified atom stereocenters. The molecule has 4 rings (SSSR count). The Morgan fingerprint density at radius 1 is 1.00 bits per heavy atom. The number of phenols is 1. The van der Waals surface area contributed by atoms with E-state index in [4.69, 9.17) is 5.73 Å². The van der Waals surface area contributed by atoms with Crippen molar-refractivity contribution in [3.63, 3.8) is 0 Å². The van der Waals surface area contributed by atoms with Crippen molar-refractivity contribution in [3.8, 4) is 16.9 Å². The Balaban J connectivity index is 2.01. The Labute approximate surface area is 145 Å². The van der Waals surface area contributed by atoms with Gasteiger partial charge >= 0.3 is 0 Å². The van der Waals surface area contributed by atoms with E-state index >= 15 is 0 Å². The highest BCUT2D eigenvalue weighted by molar-refractivity contribution is 6.09.